The van der Waals surface area contributed by atoms with Crippen LogP contribution in [0, 0.1) is 6.92 Å². The Morgan fingerprint density at radius 3 is 2.43 bits per heavy atom. The Kier molecular flexibility index (Phi) is 6.49. The van der Waals surface area contributed by atoms with Crippen molar-refractivity contribution in [1.82, 2.24) is 5.32 Å². The summed E-state index contributed by atoms with van der Waals surface area (Å²) in [6.45, 7) is 4.48. The third kappa shape index (κ3) is 4.80. The number of hydrogen-bond acceptors (Lipinski definition) is 3. The SMILES string of the molecule is Cc1cc(NC(=O)c2ccccc2Cl)sc1C(=O)NC[C@@H](C)c1ccccc1. The molecule has 3 aromatic rings. The number of benzene rings is 2. The molecule has 0 aliphatic carbocycles. The lowest BCUT2D eigenvalue weighted by atomic mass is 10.0. The Labute approximate surface area is 173 Å². The minimum Gasteiger partial charge on any atom is -0.351 e. The number of thiophene rings is 1. The molecule has 0 aliphatic heterocycles. The Bertz CT molecular complexity index is 985. The topological polar surface area (TPSA) is 58.2 Å². The average molecular weight is 413 g/mol. The van der Waals surface area contributed by atoms with Gasteiger partial charge in [0.15, 0.2) is 0 Å². The standard InChI is InChI=1S/C22H21ClN2O2S/c1-14-12-19(25-21(26)17-10-6-7-11-18(17)23)28-20(14)22(27)24-13-15(2)16-8-4-3-5-9-16/h3-12,15H,13H2,1-2H3,(H,24,27)(H,25,26)/t15-/m1/s1. The van der Waals surface area contributed by atoms with E-state index in [1.54, 1.807) is 30.3 Å². The van der Waals surface area contributed by atoms with Crippen LogP contribution in [0.25, 0.3) is 0 Å². The summed E-state index contributed by atoms with van der Waals surface area (Å²) in [7, 11) is 0. The van der Waals surface area contributed by atoms with Gasteiger partial charge in [0, 0.05) is 6.54 Å². The van der Waals surface area contributed by atoms with Crippen LogP contribution in [0.3, 0.4) is 0 Å². The van der Waals surface area contributed by atoms with E-state index in [1.165, 1.54) is 16.9 Å². The zero-order valence-electron chi connectivity index (χ0n) is 15.7. The summed E-state index contributed by atoms with van der Waals surface area (Å²) in [5, 5.41) is 6.81. The first-order valence-corrected chi connectivity index (χ1v) is 10.1. The van der Waals surface area contributed by atoms with E-state index < -0.39 is 0 Å². The van der Waals surface area contributed by atoms with Gasteiger partial charge in [-0.05, 0) is 42.2 Å². The molecular weight excluding hydrogens is 392 g/mol. The molecule has 2 amide bonds. The highest BCUT2D eigenvalue weighted by molar-refractivity contribution is 7.18. The van der Waals surface area contributed by atoms with Crippen LogP contribution < -0.4 is 10.6 Å². The summed E-state index contributed by atoms with van der Waals surface area (Å²) in [6.07, 6.45) is 0. The van der Waals surface area contributed by atoms with E-state index in [9.17, 15) is 9.59 Å². The fraction of sp³-hybridized carbons (Fsp3) is 0.182. The smallest absolute Gasteiger partial charge is 0.261 e. The number of hydrogen-bond donors (Lipinski definition) is 2. The van der Waals surface area contributed by atoms with E-state index in [0.717, 1.165) is 5.56 Å². The normalized spacial score (nSPS) is 11.7. The van der Waals surface area contributed by atoms with Gasteiger partial charge < -0.3 is 10.6 Å². The quantitative estimate of drug-likeness (QED) is 0.562. The van der Waals surface area contributed by atoms with Crippen molar-refractivity contribution >= 4 is 39.8 Å². The first kappa shape index (κ1) is 20.1. The van der Waals surface area contributed by atoms with Crippen LogP contribution in [0.4, 0.5) is 5.00 Å². The van der Waals surface area contributed by atoms with Crippen molar-refractivity contribution in [3.8, 4) is 0 Å². The molecule has 144 valence electrons. The minimum atomic E-state index is -0.295. The molecule has 0 radical (unpaired) electrons. The van der Waals surface area contributed by atoms with Crippen LogP contribution in [-0.2, 0) is 0 Å². The molecule has 3 rings (SSSR count). The van der Waals surface area contributed by atoms with Crippen LogP contribution in [-0.4, -0.2) is 18.4 Å². The van der Waals surface area contributed by atoms with Gasteiger partial charge in [-0.15, -0.1) is 11.3 Å². The molecule has 0 fully saturated rings. The van der Waals surface area contributed by atoms with Crippen molar-refractivity contribution in [2.24, 2.45) is 0 Å². The van der Waals surface area contributed by atoms with Crippen LogP contribution >= 0.6 is 22.9 Å². The average Bonchev–Trinajstić information content (AvgIpc) is 3.06. The molecule has 2 N–H and O–H groups in total. The summed E-state index contributed by atoms with van der Waals surface area (Å²) in [5.41, 5.74) is 2.40. The number of nitrogens with one attached hydrogen (secondary N) is 2. The Morgan fingerprint density at radius 2 is 1.71 bits per heavy atom. The van der Waals surface area contributed by atoms with E-state index in [4.69, 9.17) is 11.6 Å². The largest absolute Gasteiger partial charge is 0.351 e. The molecule has 0 saturated carbocycles. The molecule has 4 nitrogen and oxygen atoms in total. The highest BCUT2D eigenvalue weighted by Gasteiger charge is 2.17. The van der Waals surface area contributed by atoms with Crippen molar-refractivity contribution in [2.75, 3.05) is 11.9 Å². The van der Waals surface area contributed by atoms with Gasteiger partial charge in [0.05, 0.1) is 20.5 Å². The third-order valence-corrected chi connectivity index (χ3v) is 5.90. The van der Waals surface area contributed by atoms with Gasteiger partial charge in [-0.3, -0.25) is 9.59 Å². The lowest BCUT2D eigenvalue weighted by Crippen LogP contribution is -2.27. The molecule has 1 heterocycles. The molecule has 0 bridgehead atoms. The van der Waals surface area contributed by atoms with Crippen molar-refractivity contribution < 1.29 is 9.59 Å². The van der Waals surface area contributed by atoms with Gasteiger partial charge in [-0.2, -0.15) is 0 Å². The van der Waals surface area contributed by atoms with E-state index >= 15 is 0 Å². The van der Waals surface area contributed by atoms with Gasteiger partial charge in [-0.1, -0.05) is 61.0 Å². The second-order valence-electron chi connectivity index (χ2n) is 6.58. The predicted molar refractivity (Wildman–Crippen MR) is 116 cm³/mol. The molecule has 6 heteroatoms. The fourth-order valence-electron chi connectivity index (χ4n) is 2.82. The van der Waals surface area contributed by atoms with Crippen molar-refractivity contribution in [3.63, 3.8) is 0 Å². The number of amides is 2. The maximum atomic E-state index is 12.6. The van der Waals surface area contributed by atoms with Crippen LogP contribution in [0.1, 0.15) is 44.0 Å². The summed E-state index contributed by atoms with van der Waals surface area (Å²) in [6, 6.07) is 18.7. The molecule has 1 atom stereocenters. The number of halogens is 1. The molecular formula is C22H21ClN2O2S. The highest BCUT2D eigenvalue weighted by Crippen LogP contribution is 2.28. The molecule has 0 spiro atoms. The summed E-state index contributed by atoms with van der Waals surface area (Å²) in [4.78, 5) is 25.6. The maximum Gasteiger partial charge on any atom is 0.261 e. The number of anilines is 1. The minimum absolute atomic E-state index is 0.136. The lowest BCUT2D eigenvalue weighted by molar-refractivity contribution is 0.0954. The summed E-state index contributed by atoms with van der Waals surface area (Å²) < 4.78 is 0. The predicted octanol–water partition coefficient (Wildman–Crippen LogP) is 5.50. The lowest BCUT2D eigenvalue weighted by Gasteiger charge is -2.12. The van der Waals surface area contributed by atoms with Gasteiger partial charge in [0.25, 0.3) is 11.8 Å². The van der Waals surface area contributed by atoms with Crippen LogP contribution in [0.2, 0.25) is 5.02 Å². The summed E-state index contributed by atoms with van der Waals surface area (Å²) in [5.74, 6) is -0.218. The summed E-state index contributed by atoms with van der Waals surface area (Å²) >= 11 is 7.33. The highest BCUT2D eigenvalue weighted by atomic mass is 35.5. The molecule has 0 aliphatic rings. The molecule has 0 saturated heterocycles. The maximum absolute atomic E-state index is 12.6. The molecule has 2 aromatic carbocycles. The van der Waals surface area contributed by atoms with E-state index in [0.29, 0.717) is 27.0 Å². The van der Waals surface area contributed by atoms with Crippen molar-refractivity contribution in [3.05, 3.63) is 87.3 Å². The number of carbonyl (C=O) groups is 2. The monoisotopic (exact) mass is 412 g/mol. The number of rotatable bonds is 6. The number of carbonyl (C=O) groups excluding carboxylic acids is 2. The Morgan fingerprint density at radius 1 is 1.04 bits per heavy atom. The zero-order chi connectivity index (χ0) is 20.1. The molecule has 1 aromatic heterocycles. The third-order valence-electron chi connectivity index (χ3n) is 4.42. The van der Waals surface area contributed by atoms with Gasteiger partial charge in [-0.25, -0.2) is 0 Å². The van der Waals surface area contributed by atoms with Crippen molar-refractivity contribution in [1.29, 1.82) is 0 Å². The molecule has 28 heavy (non-hydrogen) atoms. The molecule has 0 unspecified atom stereocenters. The second kappa shape index (κ2) is 9.04. The van der Waals surface area contributed by atoms with Crippen LogP contribution in [0.15, 0.2) is 60.7 Å². The van der Waals surface area contributed by atoms with Crippen LogP contribution in [0.5, 0.6) is 0 Å². The Hall–Kier alpha value is -2.63. The van der Waals surface area contributed by atoms with E-state index in [1.807, 2.05) is 25.1 Å². The van der Waals surface area contributed by atoms with Gasteiger partial charge in [0.2, 0.25) is 0 Å². The first-order valence-electron chi connectivity index (χ1n) is 8.95. The fourth-order valence-corrected chi connectivity index (χ4v) is 4.02. The second-order valence-corrected chi connectivity index (χ2v) is 8.04. The van der Waals surface area contributed by atoms with Gasteiger partial charge >= 0.3 is 0 Å². The van der Waals surface area contributed by atoms with E-state index in [-0.39, 0.29) is 17.7 Å². The Balaban J connectivity index is 1.64. The zero-order valence-corrected chi connectivity index (χ0v) is 17.2. The first-order chi connectivity index (χ1) is 13.5. The van der Waals surface area contributed by atoms with E-state index in [2.05, 4.69) is 29.7 Å². The van der Waals surface area contributed by atoms with Gasteiger partial charge in [0.1, 0.15) is 0 Å². The van der Waals surface area contributed by atoms with Crippen molar-refractivity contribution in [2.45, 2.75) is 19.8 Å². The number of aryl methyl sites for hydroxylation is 1.